The Morgan fingerprint density at radius 2 is 1.79 bits per heavy atom. The fourth-order valence-electron chi connectivity index (χ4n) is 3.58. The second-order valence-corrected chi connectivity index (χ2v) is 7.65. The molecule has 146 valence electrons. The van der Waals surface area contributed by atoms with Crippen LogP contribution in [-0.4, -0.2) is 31.2 Å². The number of nitrogens with two attached hydrogens (primary N) is 1. The molecule has 0 amide bonds. The van der Waals surface area contributed by atoms with Gasteiger partial charge in [0.25, 0.3) is 0 Å². The van der Waals surface area contributed by atoms with Crippen molar-refractivity contribution in [2.45, 2.75) is 13.8 Å². The summed E-state index contributed by atoms with van der Waals surface area (Å²) in [4.78, 5) is 6.23. The highest BCUT2D eigenvalue weighted by Crippen LogP contribution is 2.37. The lowest BCUT2D eigenvalue weighted by Crippen LogP contribution is -3.00. The van der Waals surface area contributed by atoms with Crippen LogP contribution in [0, 0.1) is 0 Å². The van der Waals surface area contributed by atoms with Gasteiger partial charge in [-0.2, -0.15) is 0 Å². The molecule has 0 unspecified atom stereocenters. The Labute approximate surface area is 175 Å². The van der Waals surface area contributed by atoms with E-state index in [1.165, 1.54) is 25.7 Å². The minimum atomic E-state index is 0. The van der Waals surface area contributed by atoms with E-state index in [0.717, 1.165) is 36.5 Å². The van der Waals surface area contributed by atoms with E-state index in [1.54, 1.807) is 11.3 Å². The summed E-state index contributed by atoms with van der Waals surface area (Å²) in [5.41, 5.74) is 8.95. The maximum atomic E-state index is 5.70. The van der Waals surface area contributed by atoms with Crippen LogP contribution in [0.5, 0.6) is 0 Å². The standard InChI is InChI=1S/C22H24N4S.ClH/c1-3-26(4-2)15-9-10-18-20(13-15)27-21-14-19(24-12-11-23)16-7-5-6-8-17(16)22(21)25-18;/h5-10,13-14H,3-4,11-12,23H2,1-2H3;1H. The smallest absolute Gasteiger partial charge is 0.201 e. The van der Waals surface area contributed by atoms with Crippen molar-refractivity contribution in [3.05, 3.63) is 53.9 Å². The molecule has 0 atom stereocenters. The van der Waals surface area contributed by atoms with Gasteiger partial charge in [0.05, 0.1) is 20.8 Å². The molecule has 0 spiro atoms. The van der Waals surface area contributed by atoms with Crippen LogP contribution in [0.1, 0.15) is 13.8 Å². The number of halogens is 1. The highest BCUT2D eigenvalue weighted by molar-refractivity contribution is 7.21. The highest BCUT2D eigenvalue weighted by Gasteiger charge is 2.13. The Kier molecular flexibility index (Phi) is 6.50. The molecule has 0 bridgehead atoms. The maximum absolute atomic E-state index is 5.70. The van der Waals surface area contributed by atoms with Crippen molar-refractivity contribution < 1.29 is 12.4 Å². The summed E-state index contributed by atoms with van der Waals surface area (Å²) in [5, 5.41) is 7.10. The molecule has 4 rings (SSSR count). The van der Waals surface area contributed by atoms with Crippen LogP contribution in [0.3, 0.4) is 0 Å². The second-order valence-electron chi connectivity index (χ2n) is 6.57. The summed E-state index contributed by atoms with van der Waals surface area (Å²) in [6.07, 6.45) is 0. The minimum Gasteiger partial charge on any atom is -1.00 e. The first kappa shape index (κ1) is 20.5. The van der Waals surface area contributed by atoms with Crippen LogP contribution in [0.2, 0.25) is 0 Å². The summed E-state index contributed by atoms with van der Waals surface area (Å²) in [7, 11) is 0. The molecule has 0 aromatic heterocycles. The molecule has 1 heterocycles. The lowest BCUT2D eigenvalue weighted by atomic mass is 10.1. The Hall–Kier alpha value is -2.21. The first-order valence-corrected chi connectivity index (χ1v) is 10.3. The number of anilines is 1. The Morgan fingerprint density at radius 1 is 1.04 bits per heavy atom. The molecule has 2 aromatic rings. The van der Waals surface area contributed by atoms with Crippen LogP contribution < -0.4 is 33.4 Å². The average molecular weight is 413 g/mol. The van der Waals surface area contributed by atoms with Gasteiger partial charge in [-0.25, -0.2) is 9.56 Å². The molecule has 4 nitrogen and oxygen atoms in total. The Morgan fingerprint density at radius 3 is 2.50 bits per heavy atom. The molecule has 3 N–H and O–H groups in total. The van der Waals surface area contributed by atoms with E-state index in [2.05, 4.69) is 72.3 Å². The number of benzene rings is 3. The molecule has 1 aliphatic carbocycles. The van der Waals surface area contributed by atoms with Crippen molar-refractivity contribution in [2.24, 2.45) is 5.73 Å². The summed E-state index contributed by atoms with van der Waals surface area (Å²) < 4.78 is 3.56. The predicted octanol–water partition coefficient (Wildman–Crippen LogP) is 0.741. The predicted molar refractivity (Wildman–Crippen MR) is 118 cm³/mol. The molecule has 0 radical (unpaired) electrons. The molecule has 2 aromatic carbocycles. The fourth-order valence-corrected chi connectivity index (χ4v) is 4.65. The highest BCUT2D eigenvalue weighted by atomic mass is 35.5. The van der Waals surface area contributed by atoms with Crippen molar-refractivity contribution in [3.63, 3.8) is 0 Å². The largest absolute Gasteiger partial charge is 1.00 e. The maximum Gasteiger partial charge on any atom is 0.201 e. The van der Waals surface area contributed by atoms with E-state index in [9.17, 15) is 0 Å². The minimum absolute atomic E-state index is 0. The van der Waals surface area contributed by atoms with Gasteiger partial charge in [-0.15, -0.1) is 11.3 Å². The van der Waals surface area contributed by atoms with E-state index in [0.29, 0.717) is 6.54 Å². The van der Waals surface area contributed by atoms with E-state index in [1.807, 2.05) is 0 Å². The fraction of sp³-hybridized carbons (Fsp3) is 0.273. The third-order valence-corrected chi connectivity index (χ3v) is 6.04. The topological polar surface area (TPSA) is 54.0 Å². The van der Waals surface area contributed by atoms with Crippen LogP contribution in [0.25, 0.3) is 31.6 Å². The van der Waals surface area contributed by atoms with Gasteiger partial charge in [0, 0.05) is 41.7 Å². The van der Waals surface area contributed by atoms with Crippen LogP contribution >= 0.6 is 11.3 Å². The molecule has 0 saturated carbocycles. The quantitative estimate of drug-likeness (QED) is 0.289. The zero-order valence-electron chi connectivity index (χ0n) is 16.2. The van der Waals surface area contributed by atoms with Crippen molar-refractivity contribution in [1.82, 2.24) is 9.56 Å². The van der Waals surface area contributed by atoms with Gasteiger partial charge in [-0.1, -0.05) is 24.3 Å². The van der Waals surface area contributed by atoms with Gasteiger partial charge >= 0.3 is 0 Å². The van der Waals surface area contributed by atoms with Gasteiger partial charge in [0.2, 0.25) is 5.36 Å². The van der Waals surface area contributed by atoms with Gasteiger partial charge in [0.1, 0.15) is 13.1 Å². The first-order chi connectivity index (χ1) is 13.2. The summed E-state index contributed by atoms with van der Waals surface area (Å²) in [6.45, 7) is 7.76. The number of hydrogen-bond acceptors (Lipinski definition) is 4. The first-order valence-electron chi connectivity index (χ1n) is 9.53. The van der Waals surface area contributed by atoms with E-state index in [-0.39, 0.29) is 12.4 Å². The van der Waals surface area contributed by atoms with Gasteiger partial charge in [-0.05, 0) is 26.0 Å². The van der Waals surface area contributed by atoms with Crippen LogP contribution in [-0.2, 0) is 0 Å². The van der Waals surface area contributed by atoms with Gasteiger partial charge in [0.15, 0.2) is 0 Å². The normalized spacial score (nSPS) is 11.0. The lowest BCUT2D eigenvalue weighted by molar-refractivity contribution is -0.00000545. The molecular weight excluding hydrogens is 388 g/mol. The van der Waals surface area contributed by atoms with Crippen LogP contribution in [0.15, 0.2) is 48.5 Å². The number of rotatable bonds is 5. The molecule has 0 saturated heterocycles. The van der Waals surface area contributed by atoms with Gasteiger partial charge < -0.3 is 23.5 Å². The SMILES string of the molecule is CC[N+](CC)=c1ccc2nc3c(cc(NCCN)c4ccccc43)sc-2c1.[Cl-]. The number of nitrogens with zero attached hydrogens (tertiary/aromatic N) is 2. The van der Waals surface area contributed by atoms with Crippen molar-refractivity contribution >= 4 is 38.0 Å². The summed E-state index contributed by atoms with van der Waals surface area (Å²) in [6, 6.07) is 17.3. The number of hydrogen-bond donors (Lipinski definition) is 2. The molecule has 6 heteroatoms. The Balaban J connectivity index is 0.00000225. The summed E-state index contributed by atoms with van der Waals surface area (Å²) in [5.74, 6) is 0. The Bertz CT molecular complexity index is 1150. The number of nitrogens with one attached hydrogen (secondary N) is 1. The molecule has 0 fully saturated rings. The number of aromatic nitrogens is 1. The average Bonchev–Trinajstić information content (AvgIpc) is 2.71. The second kappa shape index (κ2) is 8.86. The monoisotopic (exact) mass is 412 g/mol. The zero-order valence-corrected chi connectivity index (χ0v) is 17.8. The van der Waals surface area contributed by atoms with E-state index < -0.39 is 0 Å². The van der Waals surface area contributed by atoms with Crippen molar-refractivity contribution in [3.8, 4) is 10.6 Å². The van der Waals surface area contributed by atoms with Crippen molar-refractivity contribution in [1.29, 1.82) is 0 Å². The molecular formula is C22H25ClN4S. The number of fused-ring (bicyclic) bond motifs is 4. The summed E-state index contributed by atoms with van der Waals surface area (Å²) >= 11 is 1.81. The lowest BCUT2D eigenvalue weighted by Gasteiger charge is -2.13. The molecule has 28 heavy (non-hydrogen) atoms. The third-order valence-electron chi connectivity index (χ3n) is 4.97. The molecule has 2 aliphatic rings. The zero-order chi connectivity index (χ0) is 18.8. The molecule has 1 aliphatic heterocycles. The van der Waals surface area contributed by atoms with Crippen molar-refractivity contribution in [2.75, 3.05) is 31.5 Å². The third kappa shape index (κ3) is 3.70. The van der Waals surface area contributed by atoms with Crippen LogP contribution in [0.4, 0.5) is 5.69 Å². The van der Waals surface area contributed by atoms with E-state index in [4.69, 9.17) is 10.7 Å². The van der Waals surface area contributed by atoms with Gasteiger partial charge in [-0.3, -0.25) is 0 Å². The van der Waals surface area contributed by atoms with E-state index >= 15 is 0 Å².